The van der Waals surface area contributed by atoms with Crippen LogP contribution in [0.1, 0.15) is 12.5 Å². The first-order valence-corrected chi connectivity index (χ1v) is 7.88. The predicted molar refractivity (Wildman–Crippen MR) is 76.8 cm³/mol. The standard InChI is InChI=1S/C13H22N2O3S/c1-4-19(16,17)18-13-8-6-5-7-12(13)11-14-9-10-15(2)3/h5-8,14H,4,9-11H2,1-3H3. The van der Waals surface area contributed by atoms with Gasteiger partial charge in [-0.2, -0.15) is 8.42 Å². The van der Waals surface area contributed by atoms with Gasteiger partial charge in [0, 0.05) is 25.2 Å². The fourth-order valence-corrected chi connectivity index (χ4v) is 2.01. The van der Waals surface area contributed by atoms with Gasteiger partial charge in [0.2, 0.25) is 0 Å². The molecule has 0 fully saturated rings. The molecule has 0 heterocycles. The molecular formula is C13H22N2O3S. The van der Waals surface area contributed by atoms with E-state index in [1.54, 1.807) is 19.1 Å². The summed E-state index contributed by atoms with van der Waals surface area (Å²) in [6.07, 6.45) is 0. The van der Waals surface area contributed by atoms with Crippen molar-refractivity contribution in [3.05, 3.63) is 29.8 Å². The minimum absolute atomic E-state index is 0.0323. The van der Waals surface area contributed by atoms with Gasteiger partial charge in [0.15, 0.2) is 0 Å². The molecule has 19 heavy (non-hydrogen) atoms. The molecule has 6 heteroatoms. The number of nitrogens with zero attached hydrogens (tertiary/aromatic N) is 1. The molecule has 1 aromatic carbocycles. The van der Waals surface area contributed by atoms with Gasteiger partial charge < -0.3 is 14.4 Å². The zero-order valence-electron chi connectivity index (χ0n) is 11.7. The Hall–Kier alpha value is -1.11. The molecule has 0 amide bonds. The Labute approximate surface area is 115 Å². The van der Waals surface area contributed by atoms with E-state index in [1.807, 2.05) is 26.2 Å². The van der Waals surface area contributed by atoms with Crippen LogP contribution in [0.5, 0.6) is 5.75 Å². The highest BCUT2D eigenvalue weighted by Crippen LogP contribution is 2.19. The largest absolute Gasteiger partial charge is 0.382 e. The van der Waals surface area contributed by atoms with Crippen LogP contribution in [-0.2, 0) is 16.7 Å². The molecule has 0 aliphatic heterocycles. The first-order valence-electron chi connectivity index (χ1n) is 6.30. The maximum Gasteiger partial charge on any atom is 0.308 e. The van der Waals surface area contributed by atoms with Gasteiger partial charge in [0.05, 0.1) is 5.75 Å². The smallest absolute Gasteiger partial charge is 0.308 e. The van der Waals surface area contributed by atoms with Crippen LogP contribution < -0.4 is 9.50 Å². The van der Waals surface area contributed by atoms with Gasteiger partial charge in [0.1, 0.15) is 5.75 Å². The zero-order valence-corrected chi connectivity index (χ0v) is 12.5. The molecule has 0 radical (unpaired) electrons. The van der Waals surface area contributed by atoms with Crippen LogP contribution in [0.2, 0.25) is 0 Å². The van der Waals surface area contributed by atoms with E-state index >= 15 is 0 Å². The maximum atomic E-state index is 11.5. The summed E-state index contributed by atoms with van der Waals surface area (Å²) in [5, 5.41) is 3.26. The number of hydrogen-bond acceptors (Lipinski definition) is 5. The molecule has 0 unspecified atom stereocenters. The van der Waals surface area contributed by atoms with Crippen LogP contribution in [0.4, 0.5) is 0 Å². The van der Waals surface area contributed by atoms with Gasteiger partial charge in [0.25, 0.3) is 0 Å². The lowest BCUT2D eigenvalue weighted by Crippen LogP contribution is -2.26. The molecule has 5 nitrogen and oxygen atoms in total. The molecule has 0 saturated heterocycles. The SMILES string of the molecule is CCS(=O)(=O)Oc1ccccc1CNCCN(C)C. The number of likely N-dealkylation sites (N-methyl/N-ethyl adjacent to an activating group) is 1. The Morgan fingerprint density at radius 3 is 2.58 bits per heavy atom. The normalized spacial score (nSPS) is 11.8. The second-order valence-electron chi connectivity index (χ2n) is 4.52. The summed E-state index contributed by atoms with van der Waals surface area (Å²) in [4.78, 5) is 2.08. The van der Waals surface area contributed by atoms with Crippen molar-refractivity contribution in [1.29, 1.82) is 0 Å². The Kier molecular flexibility index (Phi) is 6.27. The summed E-state index contributed by atoms with van der Waals surface area (Å²) >= 11 is 0. The number of nitrogens with one attached hydrogen (secondary N) is 1. The average molecular weight is 286 g/mol. The quantitative estimate of drug-likeness (QED) is 0.572. The lowest BCUT2D eigenvalue weighted by molar-refractivity contribution is 0.399. The van der Waals surface area contributed by atoms with Crippen molar-refractivity contribution in [2.45, 2.75) is 13.5 Å². The van der Waals surface area contributed by atoms with E-state index in [9.17, 15) is 8.42 Å². The molecule has 0 bridgehead atoms. The topological polar surface area (TPSA) is 58.6 Å². The van der Waals surface area contributed by atoms with Crippen molar-refractivity contribution in [2.75, 3.05) is 32.9 Å². The van der Waals surface area contributed by atoms with Gasteiger partial charge in [-0.1, -0.05) is 18.2 Å². The highest BCUT2D eigenvalue weighted by atomic mass is 32.2. The molecular weight excluding hydrogens is 264 g/mol. The van der Waals surface area contributed by atoms with Crippen LogP contribution >= 0.6 is 0 Å². The third kappa shape index (κ3) is 6.04. The zero-order chi connectivity index (χ0) is 14.3. The first kappa shape index (κ1) is 15.9. The Morgan fingerprint density at radius 1 is 1.26 bits per heavy atom. The van der Waals surface area contributed by atoms with Crippen molar-refractivity contribution >= 4 is 10.1 Å². The predicted octanol–water partition coefficient (Wildman–Crippen LogP) is 1.07. The molecule has 0 atom stereocenters. The molecule has 0 spiro atoms. The van der Waals surface area contributed by atoms with E-state index in [2.05, 4.69) is 10.2 Å². The van der Waals surface area contributed by atoms with Crippen molar-refractivity contribution in [2.24, 2.45) is 0 Å². The molecule has 1 aromatic rings. The summed E-state index contributed by atoms with van der Waals surface area (Å²) < 4.78 is 28.1. The second kappa shape index (κ2) is 7.47. The second-order valence-corrected chi connectivity index (χ2v) is 6.38. The summed E-state index contributed by atoms with van der Waals surface area (Å²) in [6.45, 7) is 3.91. The van der Waals surface area contributed by atoms with E-state index in [0.29, 0.717) is 12.3 Å². The maximum absolute atomic E-state index is 11.5. The summed E-state index contributed by atoms with van der Waals surface area (Å²) in [7, 11) is 0.538. The lowest BCUT2D eigenvalue weighted by Gasteiger charge is -2.13. The van der Waals surface area contributed by atoms with E-state index in [4.69, 9.17) is 4.18 Å². The van der Waals surface area contributed by atoms with E-state index in [0.717, 1.165) is 18.7 Å². The average Bonchev–Trinajstić information content (AvgIpc) is 2.36. The van der Waals surface area contributed by atoms with E-state index in [-0.39, 0.29) is 5.75 Å². The van der Waals surface area contributed by atoms with Crippen LogP contribution in [0.15, 0.2) is 24.3 Å². The van der Waals surface area contributed by atoms with Crippen LogP contribution in [0.25, 0.3) is 0 Å². The summed E-state index contributed by atoms with van der Waals surface area (Å²) in [6, 6.07) is 7.18. The third-order valence-electron chi connectivity index (χ3n) is 2.59. The van der Waals surface area contributed by atoms with Gasteiger partial charge in [-0.15, -0.1) is 0 Å². The van der Waals surface area contributed by atoms with Crippen LogP contribution in [-0.4, -0.2) is 46.3 Å². The van der Waals surface area contributed by atoms with Crippen LogP contribution in [0, 0.1) is 0 Å². The molecule has 0 aromatic heterocycles. The fraction of sp³-hybridized carbons (Fsp3) is 0.538. The minimum Gasteiger partial charge on any atom is -0.382 e. The lowest BCUT2D eigenvalue weighted by atomic mass is 10.2. The van der Waals surface area contributed by atoms with E-state index in [1.165, 1.54) is 0 Å². The number of rotatable bonds is 8. The van der Waals surface area contributed by atoms with Gasteiger partial charge >= 0.3 is 10.1 Å². The van der Waals surface area contributed by atoms with Crippen molar-refractivity contribution in [3.63, 3.8) is 0 Å². The van der Waals surface area contributed by atoms with Crippen molar-refractivity contribution in [3.8, 4) is 5.75 Å². The summed E-state index contributed by atoms with van der Waals surface area (Å²) in [5.41, 5.74) is 0.846. The molecule has 1 N–H and O–H groups in total. The van der Waals surface area contributed by atoms with Gasteiger partial charge in [-0.05, 0) is 27.1 Å². The third-order valence-corrected chi connectivity index (χ3v) is 3.73. The van der Waals surface area contributed by atoms with Crippen molar-refractivity contribution in [1.82, 2.24) is 10.2 Å². The Balaban J connectivity index is 2.63. The highest BCUT2D eigenvalue weighted by molar-refractivity contribution is 7.87. The van der Waals surface area contributed by atoms with Gasteiger partial charge in [-0.3, -0.25) is 0 Å². The Morgan fingerprint density at radius 2 is 1.95 bits per heavy atom. The minimum atomic E-state index is -3.48. The number of benzene rings is 1. The summed E-state index contributed by atoms with van der Waals surface area (Å²) in [5.74, 6) is 0.372. The first-order chi connectivity index (χ1) is 8.94. The fourth-order valence-electron chi connectivity index (χ4n) is 1.45. The van der Waals surface area contributed by atoms with E-state index < -0.39 is 10.1 Å². The molecule has 1 rings (SSSR count). The monoisotopic (exact) mass is 286 g/mol. The highest BCUT2D eigenvalue weighted by Gasteiger charge is 2.12. The molecule has 108 valence electrons. The molecule has 0 aliphatic carbocycles. The van der Waals surface area contributed by atoms with Crippen molar-refractivity contribution < 1.29 is 12.6 Å². The number of hydrogen-bond donors (Lipinski definition) is 1. The molecule has 0 aliphatic rings. The van der Waals surface area contributed by atoms with Crippen LogP contribution in [0.3, 0.4) is 0 Å². The molecule has 0 saturated carbocycles. The number of para-hydroxylation sites is 1. The van der Waals surface area contributed by atoms with Gasteiger partial charge in [-0.25, -0.2) is 0 Å². The Bertz CT molecular complexity index is 486.